The highest BCUT2D eigenvalue weighted by Gasteiger charge is 2.45. The van der Waals surface area contributed by atoms with Crippen LogP contribution in [-0.4, -0.2) is 38.7 Å². The lowest BCUT2D eigenvalue weighted by atomic mass is 10.0. The van der Waals surface area contributed by atoms with E-state index in [1.54, 1.807) is 23.7 Å². The number of anilines is 2. The molecule has 1 aliphatic heterocycles. The molecule has 3 atom stereocenters. The van der Waals surface area contributed by atoms with Crippen LogP contribution in [0.15, 0.2) is 53.3 Å². The van der Waals surface area contributed by atoms with Crippen LogP contribution in [0.1, 0.15) is 41.0 Å². The number of hydrogen-bond acceptors (Lipinski definition) is 6. The monoisotopic (exact) mass is 529 g/mol. The molecule has 8 nitrogen and oxygen atoms in total. The third-order valence-corrected chi connectivity index (χ3v) is 7.94. The second-order valence-corrected chi connectivity index (χ2v) is 10.8. The number of carboxylic acids is 1. The fourth-order valence-corrected chi connectivity index (χ4v) is 5.74. The van der Waals surface area contributed by atoms with E-state index in [0.29, 0.717) is 22.4 Å². The van der Waals surface area contributed by atoms with E-state index in [-0.39, 0.29) is 22.4 Å². The minimum absolute atomic E-state index is 0.101. The number of hydrogen-bond donors (Lipinski definition) is 2. The molecule has 2 aliphatic rings. The average molecular weight is 530 g/mol. The van der Waals surface area contributed by atoms with Crippen molar-refractivity contribution in [1.82, 2.24) is 14.5 Å². The van der Waals surface area contributed by atoms with E-state index in [2.05, 4.69) is 27.3 Å². The van der Waals surface area contributed by atoms with Crippen LogP contribution in [-0.2, 0) is 7.05 Å². The molecule has 2 aromatic carbocycles. The molecule has 0 amide bonds. The van der Waals surface area contributed by atoms with Crippen molar-refractivity contribution < 1.29 is 9.90 Å². The van der Waals surface area contributed by atoms with E-state index in [1.165, 1.54) is 12.1 Å². The molecule has 6 rings (SSSR count). The van der Waals surface area contributed by atoms with Gasteiger partial charge in [0.25, 0.3) is 5.56 Å². The summed E-state index contributed by atoms with van der Waals surface area (Å²) in [5.41, 5.74) is 4.38. The maximum Gasteiger partial charge on any atom is 0.356 e. The van der Waals surface area contributed by atoms with Gasteiger partial charge in [0.05, 0.1) is 22.6 Å². The van der Waals surface area contributed by atoms with Gasteiger partial charge in [0.1, 0.15) is 11.0 Å². The third-order valence-electron chi connectivity index (χ3n) is 7.73. The third kappa shape index (κ3) is 4.28. The van der Waals surface area contributed by atoms with E-state index in [1.807, 2.05) is 38.1 Å². The van der Waals surface area contributed by atoms with Crippen molar-refractivity contribution >= 4 is 39.8 Å². The number of aromatic carboxylic acids is 1. The molecule has 1 saturated heterocycles. The highest BCUT2D eigenvalue weighted by atomic mass is 35.5. The second-order valence-electron chi connectivity index (χ2n) is 10.5. The summed E-state index contributed by atoms with van der Waals surface area (Å²) in [5, 5.41) is 13.5. The summed E-state index contributed by atoms with van der Waals surface area (Å²) in [6.07, 6.45) is 1.36. The van der Waals surface area contributed by atoms with Crippen molar-refractivity contribution in [1.29, 1.82) is 0 Å². The van der Waals surface area contributed by atoms with Gasteiger partial charge in [0.15, 0.2) is 5.69 Å². The predicted molar refractivity (Wildman–Crippen MR) is 149 cm³/mol. The highest BCUT2D eigenvalue weighted by Crippen LogP contribution is 2.46. The van der Waals surface area contributed by atoms with E-state index in [0.717, 1.165) is 41.6 Å². The van der Waals surface area contributed by atoms with E-state index >= 15 is 0 Å². The predicted octanol–water partition coefficient (Wildman–Crippen LogP) is 5.28. The number of benzene rings is 2. The van der Waals surface area contributed by atoms with Crippen LogP contribution in [0, 0.1) is 18.8 Å². The lowest BCUT2D eigenvalue weighted by Gasteiger charge is -2.21. The first-order valence-corrected chi connectivity index (χ1v) is 13.1. The van der Waals surface area contributed by atoms with Gasteiger partial charge in [-0.1, -0.05) is 17.7 Å². The number of aryl methyl sites for hydroxylation is 1. The second kappa shape index (κ2) is 9.13. The van der Waals surface area contributed by atoms with E-state index in [9.17, 15) is 14.7 Å². The van der Waals surface area contributed by atoms with Gasteiger partial charge in [-0.2, -0.15) is 0 Å². The van der Waals surface area contributed by atoms with Gasteiger partial charge in [-0.3, -0.25) is 9.36 Å². The van der Waals surface area contributed by atoms with Crippen molar-refractivity contribution in [3.8, 4) is 11.4 Å². The number of aromatic nitrogens is 3. The molecule has 0 spiro atoms. The molecule has 2 aromatic heterocycles. The first-order chi connectivity index (χ1) is 18.2. The Balaban J connectivity index is 1.40. The largest absolute Gasteiger partial charge is 0.476 e. The van der Waals surface area contributed by atoms with Crippen molar-refractivity contribution in [2.75, 3.05) is 23.3 Å². The molecule has 9 heteroatoms. The van der Waals surface area contributed by atoms with Crippen molar-refractivity contribution in [2.45, 2.75) is 26.3 Å². The van der Waals surface area contributed by atoms with Crippen LogP contribution in [0.25, 0.3) is 22.3 Å². The summed E-state index contributed by atoms with van der Waals surface area (Å²) < 4.78 is 1.59. The minimum atomic E-state index is -1.18. The zero-order chi connectivity index (χ0) is 26.7. The van der Waals surface area contributed by atoms with Gasteiger partial charge >= 0.3 is 5.97 Å². The van der Waals surface area contributed by atoms with Gasteiger partial charge in [0.2, 0.25) is 0 Å². The molecular weight excluding hydrogens is 502 g/mol. The van der Waals surface area contributed by atoms with Crippen molar-refractivity contribution in [3.63, 3.8) is 0 Å². The maximum atomic E-state index is 13.5. The van der Waals surface area contributed by atoms with Crippen LogP contribution >= 0.6 is 11.6 Å². The summed E-state index contributed by atoms with van der Waals surface area (Å²) in [6.45, 7) is 6.08. The van der Waals surface area contributed by atoms with Crippen LogP contribution < -0.4 is 15.8 Å². The smallest absolute Gasteiger partial charge is 0.356 e. The number of halogens is 1. The van der Waals surface area contributed by atoms with Gasteiger partial charge in [-0.15, -0.1) is 0 Å². The Morgan fingerprint density at radius 1 is 1.11 bits per heavy atom. The molecule has 2 unspecified atom stereocenters. The molecule has 4 aromatic rings. The van der Waals surface area contributed by atoms with Crippen molar-refractivity contribution in [3.05, 3.63) is 80.9 Å². The molecule has 38 heavy (non-hydrogen) atoms. The summed E-state index contributed by atoms with van der Waals surface area (Å²) in [4.78, 5) is 36.6. The molecule has 2 N–H and O–H groups in total. The van der Waals surface area contributed by atoms with Gasteiger partial charge in [0, 0.05) is 37.0 Å². The van der Waals surface area contributed by atoms with E-state index in [4.69, 9.17) is 16.6 Å². The van der Waals surface area contributed by atoms with Crippen LogP contribution in [0.4, 0.5) is 11.4 Å². The summed E-state index contributed by atoms with van der Waals surface area (Å²) in [6, 6.07) is 14.9. The number of pyridine rings is 1. The topological polar surface area (TPSA) is 100 Å². The quantitative estimate of drug-likeness (QED) is 0.327. The molecule has 2 fully saturated rings. The van der Waals surface area contributed by atoms with Gasteiger partial charge < -0.3 is 15.3 Å². The lowest BCUT2D eigenvalue weighted by molar-refractivity contribution is 0.0691. The molecule has 1 aliphatic carbocycles. The Morgan fingerprint density at radius 3 is 2.50 bits per heavy atom. The first kappa shape index (κ1) is 24.4. The SMILES string of the molecule is Cc1cc([C@@H](C)Nc2ccc(Cl)nc2C(=O)O)c2nc(-c3ccc(N4CC5CC5C4)cc3)n(C)c(=O)c2c1. The number of rotatable bonds is 6. The highest BCUT2D eigenvalue weighted by molar-refractivity contribution is 6.29. The average Bonchev–Trinajstić information content (AvgIpc) is 3.51. The van der Waals surface area contributed by atoms with Gasteiger partial charge in [-0.25, -0.2) is 14.8 Å². The molecule has 1 saturated carbocycles. The molecule has 194 valence electrons. The number of nitrogens with zero attached hydrogens (tertiary/aromatic N) is 4. The summed E-state index contributed by atoms with van der Waals surface area (Å²) in [5.74, 6) is 1.10. The van der Waals surface area contributed by atoms with Crippen LogP contribution in [0.5, 0.6) is 0 Å². The Labute approximate surface area is 224 Å². The number of fused-ring (bicyclic) bond motifs is 2. The Hall–Kier alpha value is -3.91. The zero-order valence-electron chi connectivity index (χ0n) is 21.4. The van der Waals surface area contributed by atoms with E-state index < -0.39 is 5.97 Å². The Kier molecular flexibility index (Phi) is 5.87. The van der Waals surface area contributed by atoms with Crippen molar-refractivity contribution in [2.24, 2.45) is 18.9 Å². The van der Waals surface area contributed by atoms with Gasteiger partial charge in [-0.05, 0) is 80.1 Å². The fourth-order valence-electron chi connectivity index (χ4n) is 5.60. The first-order valence-electron chi connectivity index (χ1n) is 12.7. The normalized spacial score (nSPS) is 18.9. The molecule has 0 bridgehead atoms. The Morgan fingerprint density at radius 2 is 1.82 bits per heavy atom. The number of carboxylic acid groups (broad SMARTS) is 1. The number of nitrogens with one attached hydrogen (secondary N) is 1. The summed E-state index contributed by atoms with van der Waals surface area (Å²) >= 11 is 5.92. The van der Waals surface area contributed by atoms with Crippen LogP contribution in [0.2, 0.25) is 5.15 Å². The van der Waals surface area contributed by atoms with Crippen LogP contribution in [0.3, 0.4) is 0 Å². The molecular formula is C29H28ClN5O3. The standard InChI is InChI=1S/C29H28ClN5O3/c1-15-10-21(16(2)31-23-8-9-24(30)32-26(23)29(37)38)25-22(11-15)28(36)34(3)27(33-25)17-4-6-20(7-5-17)35-13-18-12-19(18)14-35/h4-11,16,18-19,31H,12-14H2,1-3H3,(H,37,38)/t16-,18?,19?/m1/s1. The number of piperidine rings is 1. The molecule has 3 heterocycles. The maximum absolute atomic E-state index is 13.5. The summed E-state index contributed by atoms with van der Waals surface area (Å²) in [7, 11) is 1.74. The lowest BCUT2D eigenvalue weighted by Crippen LogP contribution is -2.22. The zero-order valence-corrected chi connectivity index (χ0v) is 22.2. The minimum Gasteiger partial charge on any atom is -0.476 e. The number of carbonyl (C=O) groups is 1. The molecule has 0 radical (unpaired) electrons. The fraction of sp³-hybridized carbons (Fsp3) is 0.310. The Bertz CT molecular complexity index is 1640.